The first-order valence-electron chi connectivity index (χ1n) is 5.71. The summed E-state index contributed by atoms with van der Waals surface area (Å²) in [6.07, 6.45) is 11.7. The van der Waals surface area contributed by atoms with Gasteiger partial charge in [0.2, 0.25) is 6.33 Å². The van der Waals surface area contributed by atoms with Crippen LogP contribution in [0.5, 0.6) is 0 Å². The van der Waals surface area contributed by atoms with Gasteiger partial charge in [-0.3, -0.25) is 0 Å². The molecule has 0 amide bonds. The van der Waals surface area contributed by atoms with Gasteiger partial charge in [0.15, 0.2) is 0 Å². The Balaban J connectivity index is 0. The van der Waals surface area contributed by atoms with Crippen LogP contribution in [0.25, 0.3) is 0 Å². The molecule has 1 heterocycles. The molecule has 0 N–H and O–H groups in total. The Morgan fingerprint density at radius 2 is 1.67 bits per heavy atom. The highest BCUT2D eigenvalue weighted by atomic mass is 79.9. The van der Waals surface area contributed by atoms with E-state index in [1.165, 1.54) is 32.2 Å². The minimum Gasteiger partial charge on any atom is -0.418 e. The van der Waals surface area contributed by atoms with Gasteiger partial charge in [0, 0.05) is 0 Å². The molecule has 2 nitrogen and oxygen atoms in total. The highest BCUT2D eigenvalue weighted by molar-refractivity contribution is 8.93. The Morgan fingerprint density at radius 1 is 1.11 bits per heavy atom. The molecule has 0 saturated heterocycles. The van der Waals surface area contributed by atoms with Gasteiger partial charge in [-0.25, -0.2) is 9.13 Å². The number of hydrogen-bond donors (Lipinski definition) is 0. The van der Waals surface area contributed by atoms with E-state index in [0.717, 1.165) is 0 Å². The molecule has 0 aliphatic carbocycles. The predicted molar refractivity (Wildman–Crippen MR) is 70.3 cm³/mol. The van der Waals surface area contributed by atoms with E-state index in [9.17, 15) is 17.3 Å². The lowest BCUT2D eigenvalue weighted by molar-refractivity contribution is -0.696. The molecule has 0 aliphatic heterocycles. The molecule has 0 bridgehead atoms. The van der Waals surface area contributed by atoms with Crippen molar-refractivity contribution in [3.8, 4) is 0 Å². The topological polar surface area (TPSA) is 8.81 Å². The van der Waals surface area contributed by atoms with Gasteiger partial charge in [0.25, 0.3) is 0 Å². The van der Waals surface area contributed by atoms with Crippen LogP contribution in [0.2, 0.25) is 0 Å². The molecule has 8 heteroatoms. The molecule has 0 saturated carbocycles. The zero-order chi connectivity index (χ0) is 13.3. The van der Waals surface area contributed by atoms with Crippen LogP contribution < -0.4 is 4.57 Å². The fourth-order valence-corrected chi connectivity index (χ4v) is 1.36. The lowest BCUT2D eigenvalue weighted by atomic mass is 10.2. The summed E-state index contributed by atoms with van der Waals surface area (Å²) >= 11 is 0. The van der Waals surface area contributed by atoms with Gasteiger partial charge in [0.1, 0.15) is 12.4 Å². The Morgan fingerprint density at radius 3 is 2.06 bits per heavy atom. The van der Waals surface area contributed by atoms with E-state index < -0.39 is 7.25 Å². The zero-order valence-electron chi connectivity index (χ0n) is 10.7. The number of aryl methyl sites for hydroxylation is 2. The van der Waals surface area contributed by atoms with Crippen molar-refractivity contribution in [1.82, 2.24) is 4.57 Å². The molecule has 0 aliphatic rings. The molecule has 0 unspecified atom stereocenters. The Kier molecular flexibility index (Phi) is 11.4. The van der Waals surface area contributed by atoms with Crippen molar-refractivity contribution in [1.29, 1.82) is 0 Å². The summed E-state index contributed by atoms with van der Waals surface area (Å²) in [5.74, 6) is 0. The van der Waals surface area contributed by atoms with Crippen LogP contribution in [0, 0.1) is 0 Å². The lowest BCUT2D eigenvalue weighted by Gasteiger charge is -1.95. The third kappa shape index (κ3) is 15.5. The molecule has 108 valence electrons. The van der Waals surface area contributed by atoms with E-state index in [0.29, 0.717) is 0 Å². The average Bonchev–Trinajstić information content (AvgIpc) is 2.56. The maximum atomic E-state index is 9.75. The average molecular weight is 335 g/mol. The van der Waals surface area contributed by atoms with E-state index >= 15 is 0 Å². The van der Waals surface area contributed by atoms with Crippen LogP contribution in [-0.2, 0) is 13.6 Å². The van der Waals surface area contributed by atoms with Crippen LogP contribution >= 0.6 is 17.0 Å². The molecule has 1 aromatic heterocycles. The van der Waals surface area contributed by atoms with Crippen LogP contribution in [-0.4, -0.2) is 11.8 Å². The maximum absolute atomic E-state index is 9.75. The van der Waals surface area contributed by atoms with Crippen molar-refractivity contribution in [2.75, 3.05) is 0 Å². The summed E-state index contributed by atoms with van der Waals surface area (Å²) in [7, 11) is -3.94. The van der Waals surface area contributed by atoms with Crippen LogP contribution in [0.1, 0.15) is 32.6 Å². The van der Waals surface area contributed by atoms with Gasteiger partial charge in [-0.2, -0.15) is 0 Å². The molecule has 0 spiro atoms. The Bertz CT molecular complexity index is 298. The number of halogens is 5. The van der Waals surface area contributed by atoms with Crippen molar-refractivity contribution in [3.63, 3.8) is 0 Å². The molecule has 0 fully saturated rings. The van der Waals surface area contributed by atoms with Gasteiger partial charge in [-0.1, -0.05) is 19.8 Å². The second-order valence-electron chi connectivity index (χ2n) is 3.87. The highest BCUT2D eigenvalue weighted by Gasteiger charge is 2.20. The van der Waals surface area contributed by atoms with Gasteiger partial charge >= 0.3 is 7.25 Å². The fourth-order valence-electron chi connectivity index (χ4n) is 1.36. The summed E-state index contributed by atoms with van der Waals surface area (Å²) < 4.78 is 43.3. The van der Waals surface area contributed by atoms with E-state index in [4.69, 9.17) is 0 Å². The van der Waals surface area contributed by atoms with E-state index in [1.54, 1.807) is 0 Å². The second-order valence-corrected chi connectivity index (χ2v) is 3.87. The smallest absolute Gasteiger partial charge is 0.418 e. The number of nitrogens with zero attached hydrogens (tertiary/aromatic N) is 2. The van der Waals surface area contributed by atoms with Gasteiger partial charge in [-0.15, -0.1) is 17.0 Å². The molecule has 0 atom stereocenters. The number of rotatable bonds is 5. The third-order valence-corrected chi connectivity index (χ3v) is 2.09. The van der Waals surface area contributed by atoms with Crippen molar-refractivity contribution < 1.29 is 21.8 Å². The van der Waals surface area contributed by atoms with Crippen molar-refractivity contribution in [3.05, 3.63) is 18.7 Å². The normalized spacial score (nSPS) is 10.3. The summed E-state index contributed by atoms with van der Waals surface area (Å²) in [5.41, 5.74) is 0. The standard InChI is InChI=1S/C10H19N2.BF4.BrH/c1-3-4-5-6-7-12-9-8-11(2)10-12;2-1(3,4)5;/h8-10H,3-7H2,1-2H3;;1H/q+1;-1;. The quantitative estimate of drug-likeness (QED) is 0.335. The van der Waals surface area contributed by atoms with Gasteiger partial charge in [-0.05, 0) is 12.8 Å². The Hall–Kier alpha value is -0.525. The first kappa shape index (κ1) is 19.8. The number of unbranched alkanes of at least 4 members (excludes halogenated alkanes) is 3. The minimum absolute atomic E-state index is 0. The number of imidazole rings is 1. The zero-order valence-corrected chi connectivity index (χ0v) is 12.4. The predicted octanol–water partition coefficient (Wildman–Crippen LogP) is 3.77. The first-order chi connectivity index (χ1) is 7.83. The van der Waals surface area contributed by atoms with Crippen molar-refractivity contribution in [2.45, 2.75) is 39.2 Å². The van der Waals surface area contributed by atoms with Gasteiger partial charge < -0.3 is 17.3 Å². The largest absolute Gasteiger partial charge is 0.673 e. The molecule has 1 aromatic rings. The SMILES string of the molecule is Br.CCCCCC[n+]1ccn(C)c1.F[B-](F)(F)F. The van der Waals surface area contributed by atoms with Crippen molar-refractivity contribution in [2.24, 2.45) is 7.05 Å². The van der Waals surface area contributed by atoms with Crippen LogP contribution in [0.15, 0.2) is 18.7 Å². The summed E-state index contributed by atoms with van der Waals surface area (Å²) in [6, 6.07) is 0. The monoisotopic (exact) mass is 334 g/mol. The molecule has 18 heavy (non-hydrogen) atoms. The molecule has 0 aromatic carbocycles. The second kappa shape index (κ2) is 10.4. The molecule has 1 rings (SSSR count). The lowest BCUT2D eigenvalue weighted by Crippen LogP contribution is -2.30. The maximum Gasteiger partial charge on any atom is 0.673 e. The first-order valence-corrected chi connectivity index (χ1v) is 5.71. The van der Waals surface area contributed by atoms with Gasteiger partial charge in [0.05, 0.1) is 13.6 Å². The van der Waals surface area contributed by atoms with Crippen molar-refractivity contribution >= 4 is 24.2 Å². The Labute approximate surface area is 116 Å². The highest BCUT2D eigenvalue weighted by Crippen LogP contribution is 2.06. The number of hydrogen-bond acceptors (Lipinski definition) is 0. The minimum atomic E-state index is -6.00. The summed E-state index contributed by atoms with van der Waals surface area (Å²) in [5, 5.41) is 0. The molecular weight excluding hydrogens is 315 g/mol. The van der Waals surface area contributed by atoms with E-state index in [-0.39, 0.29) is 17.0 Å². The van der Waals surface area contributed by atoms with E-state index in [2.05, 4.69) is 41.8 Å². The van der Waals surface area contributed by atoms with E-state index in [1.807, 2.05) is 0 Å². The molecule has 0 radical (unpaired) electrons. The summed E-state index contributed by atoms with van der Waals surface area (Å²) in [4.78, 5) is 0. The summed E-state index contributed by atoms with van der Waals surface area (Å²) in [6.45, 7) is 3.41. The third-order valence-electron chi connectivity index (χ3n) is 2.09. The number of aromatic nitrogens is 2. The van der Waals surface area contributed by atoms with Crippen LogP contribution in [0.3, 0.4) is 0 Å². The fraction of sp³-hybridized carbons (Fsp3) is 0.700. The van der Waals surface area contributed by atoms with Crippen LogP contribution in [0.4, 0.5) is 17.3 Å². The molecular formula is C10H20BBrF4N2.